The Labute approximate surface area is 79.7 Å². The van der Waals surface area contributed by atoms with Gasteiger partial charge in [-0.25, -0.2) is 4.39 Å². The summed E-state index contributed by atoms with van der Waals surface area (Å²) in [6, 6.07) is 0. The van der Waals surface area contributed by atoms with E-state index in [0.29, 0.717) is 6.54 Å². The maximum Gasteiger partial charge on any atom is 0.118 e. The third kappa shape index (κ3) is 3.24. The van der Waals surface area contributed by atoms with Gasteiger partial charge in [0, 0.05) is 19.1 Å². The highest BCUT2D eigenvalue weighted by Crippen LogP contribution is 2.20. The summed E-state index contributed by atoms with van der Waals surface area (Å²) in [5.41, 5.74) is 0. The largest absolute Gasteiger partial charge is 0.396 e. The Morgan fingerprint density at radius 2 is 2.31 bits per heavy atom. The van der Waals surface area contributed by atoms with E-state index in [1.165, 1.54) is 0 Å². The van der Waals surface area contributed by atoms with Crippen molar-refractivity contribution in [3.63, 3.8) is 0 Å². The summed E-state index contributed by atoms with van der Waals surface area (Å²) in [4.78, 5) is 2.17. The molecule has 13 heavy (non-hydrogen) atoms. The second-order valence-electron chi connectivity index (χ2n) is 3.90. The predicted octanol–water partition coefficient (Wildman–Crippen LogP) is 1.44. The zero-order valence-electron chi connectivity index (χ0n) is 8.38. The van der Waals surface area contributed by atoms with E-state index < -0.39 is 6.17 Å². The minimum absolute atomic E-state index is 0.00276. The lowest BCUT2D eigenvalue weighted by Crippen LogP contribution is -2.43. The van der Waals surface area contributed by atoms with E-state index in [2.05, 4.69) is 11.8 Å². The van der Waals surface area contributed by atoms with Crippen LogP contribution in [0.15, 0.2) is 0 Å². The number of piperidine rings is 1. The molecule has 0 aromatic heterocycles. The van der Waals surface area contributed by atoms with Gasteiger partial charge < -0.3 is 10.0 Å². The molecule has 1 aliphatic rings. The van der Waals surface area contributed by atoms with Crippen molar-refractivity contribution in [2.75, 3.05) is 26.2 Å². The zero-order chi connectivity index (χ0) is 9.68. The predicted molar refractivity (Wildman–Crippen MR) is 51.4 cm³/mol. The third-order valence-electron chi connectivity index (χ3n) is 2.82. The molecule has 1 saturated heterocycles. The van der Waals surface area contributed by atoms with Crippen LogP contribution in [0.4, 0.5) is 4.39 Å². The molecule has 1 rings (SSSR count). The Balaban J connectivity index is 2.24. The van der Waals surface area contributed by atoms with E-state index >= 15 is 0 Å². The fourth-order valence-corrected chi connectivity index (χ4v) is 1.81. The summed E-state index contributed by atoms with van der Waals surface area (Å²) < 4.78 is 13.3. The number of alkyl halides is 1. The van der Waals surface area contributed by atoms with Gasteiger partial charge in [-0.15, -0.1) is 0 Å². The minimum atomic E-state index is -0.824. The zero-order valence-corrected chi connectivity index (χ0v) is 8.38. The van der Waals surface area contributed by atoms with Gasteiger partial charge in [-0.05, 0) is 25.9 Å². The fourth-order valence-electron chi connectivity index (χ4n) is 1.81. The van der Waals surface area contributed by atoms with Crippen molar-refractivity contribution in [1.29, 1.82) is 0 Å². The molecule has 1 heterocycles. The van der Waals surface area contributed by atoms with E-state index in [1.54, 1.807) is 0 Å². The molecule has 0 amide bonds. The summed E-state index contributed by atoms with van der Waals surface area (Å²) in [5.74, 6) is -0.113. The molecule has 0 saturated carbocycles. The van der Waals surface area contributed by atoms with Crippen LogP contribution in [0.5, 0.6) is 0 Å². The van der Waals surface area contributed by atoms with Crippen molar-refractivity contribution in [2.24, 2.45) is 5.92 Å². The molecule has 78 valence electrons. The lowest BCUT2D eigenvalue weighted by atomic mass is 9.96. The molecule has 0 bridgehead atoms. The highest BCUT2D eigenvalue weighted by Gasteiger charge is 2.27. The van der Waals surface area contributed by atoms with E-state index in [-0.39, 0.29) is 12.5 Å². The van der Waals surface area contributed by atoms with Crippen molar-refractivity contribution in [2.45, 2.75) is 32.4 Å². The average Bonchev–Trinajstić information content (AvgIpc) is 2.15. The number of aliphatic hydroxyl groups excluding tert-OH is 1. The van der Waals surface area contributed by atoms with E-state index in [0.717, 1.165) is 32.4 Å². The van der Waals surface area contributed by atoms with E-state index in [9.17, 15) is 4.39 Å². The summed E-state index contributed by atoms with van der Waals surface area (Å²) in [6.45, 7) is 4.63. The average molecular weight is 189 g/mol. The number of halogens is 1. The van der Waals surface area contributed by atoms with Gasteiger partial charge >= 0.3 is 0 Å². The van der Waals surface area contributed by atoms with Crippen molar-refractivity contribution < 1.29 is 9.50 Å². The van der Waals surface area contributed by atoms with Gasteiger partial charge in [0.25, 0.3) is 0 Å². The molecular weight excluding hydrogens is 169 g/mol. The number of hydrogen-bond acceptors (Lipinski definition) is 2. The van der Waals surface area contributed by atoms with Crippen LogP contribution in [0.3, 0.4) is 0 Å². The second-order valence-corrected chi connectivity index (χ2v) is 3.90. The SMILES string of the molecule is CCCCN1CC[C@H](CO)[C@@H](F)C1. The first-order valence-corrected chi connectivity index (χ1v) is 5.25. The molecule has 1 fully saturated rings. The van der Waals surface area contributed by atoms with Gasteiger partial charge in [0.1, 0.15) is 6.17 Å². The minimum Gasteiger partial charge on any atom is -0.396 e. The third-order valence-corrected chi connectivity index (χ3v) is 2.82. The van der Waals surface area contributed by atoms with Crippen LogP contribution in [0.1, 0.15) is 26.2 Å². The van der Waals surface area contributed by atoms with Crippen LogP contribution in [0, 0.1) is 5.92 Å². The number of hydrogen-bond donors (Lipinski definition) is 1. The first-order chi connectivity index (χ1) is 6.27. The summed E-state index contributed by atoms with van der Waals surface area (Å²) in [7, 11) is 0. The second kappa shape index (κ2) is 5.55. The van der Waals surface area contributed by atoms with Crippen molar-refractivity contribution >= 4 is 0 Å². The Morgan fingerprint density at radius 3 is 2.85 bits per heavy atom. The maximum atomic E-state index is 13.3. The van der Waals surface area contributed by atoms with Gasteiger partial charge in [-0.1, -0.05) is 13.3 Å². The standard InChI is InChI=1S/C10H20FNO/c1-2-3-5-12-6-4-9(8-13)10(11)7-12/h9-10,13H,2-8H2,1H3/t9-,10+/m1/s1. The van der Waals surface area contributed by atoms with Gasteiger partial charge in [0.15, 0.2) is 0 Å². The summed E-state index contributed by atoms with van der Waals surface area (Å²) in [6.07, 6.45) is 2.30. The molecule has 0 spiro atoms. The normalized spacial score (nSPS) is 30.7. The molecule has 1 aliphatic heterocycles. The van der Waals surface area contributed by atoms with Gasteiger partial charge in [-0.2, -0.15) is 0 Å². The lowest BCUT2D eigenvalue weighted by molar-refractivity contribution is 0.0500. The van der Waals surface area contributed by atoms with Crippen molar-refractivity contribution in [3.05, 3.63) is 0 Å². The summed E-state index contributed by atoms with van der Waals surface area (Å²) in [5, 5.41) is 8.87. The van der Waals surface area contributed by atoms with Crippen LogP contribution < -0.4 is 0 Å². The Bertz CT molecular complexity index is 143. The fraction of sp³-hybridized carbons (Fsp3) is 1.00. The number of nitrogens with zero attached hydrogens (tertiary/aromatic N) is 1. The number of rotatable bonds is 4. The maximum absolute atomic E-state index is 13.3. The van der Waals surface area contributed by atoms with Crippen molar-refractivity contribution in [3.8, 4) is 0 Å². The molecule has 2 nitrogen and oxygen atoms in total. The monoisotopic (exact) mass is 189 g/mol. The Hall–Kier alpha value is -0.150. The Morgan fingerprint density at radius 1 is 1.54 bits per heavy atom. The van der Waals surface area contributed by atoms with E-state index in [4.69, 9.17) is 5.11 Å². The van der Waals surface area contributed by atoms with Crippen LogP contribution in [0.2, 0.25) is 0 Å². The Kier molecular flexibility index (Phi) is 4.67. The molecule has 0 radical (unpaired) electrons. The van der Waals surface area contributed by atoms with Crippen LogP contribution in [-0.2, 0) is 0 Å². The first kappa shape index (κ1) is 10.9. The molecular formula is C10H20FNO. The number of likely N-dealkylation sites (tertiary alicyclic amines) is 1. The molecule has 0 aromatic rings. The lowest BCUT2D eigenvalue weighted by Gasteiger charge is -2.33. The summed E-state index contributed by atoms with van der Waals surface area (Å²) >= 11 is 0. The van der Waals surface area contributed by atoms with Crippen LogP contribution in [-0.4, -0.2) is 42.4 Å². The number of aliphatic hydroxyl groups is 1. The smallest absolute Gasteiger partial charge is 0.118 e. The first-order valence-electron chi connectivity index (χ1n) is 5.25. The number of unbranched alkanes of at least 4 members (excludes halogenated alkanes) is 1. The topological polar surface area (TPSA) is 23.5 Å². The molecule has 0 aliphatic carbocycles. The molecule has 0 unspecified atom stereocenters. The van der Waals surface area contributed by atoms with Gasteiger partial charge in [0.2, 0.25) is 0 Å². The van der Waals surface area contributed by atoms with Gasteiger partial charge in [-0.3, -0.25) is 0 Å². The molecule has 3 heteroatoms. The molecule has 1 N–H and O–H groups in total. The van der Waals surface area contributed by atoms with Gasteiger partial charge in [0.05, 0.1) is 0 Å². The highest BCUT2D eigenvalue weighted by atomic mass is 19.1. The van der Waals surface area contributed by atoms with Crippen LogP contribution in [0.25, 0.3) is 0 Å². The highest BCUT2D eigenvalue weighted by molar-refractivity contribution is 4.79. The quantitative estimate of drug-likeness (QED) is 0.723. The van der Waals surface area contributed by atoms with E-state index in [1.807, 2.05) is 0 Å². The van der Waals surface area contributed by atoms with Crippen molar-refractivity contribution in [1.82, 2.24) is 4.90 Å². The molecule has 0 aromatic carbocycles. The van der Waals surface area contributed by atoms with Crippen LogP contribution >= 0.6 is 0 Å². The molecule has 2 atom stereocenters.